The smallest absolute Gasteiger partial charge is 0.122 e. The summed E-state index contributed by atoms with van der Waals surface area (Å²) >= 11 is 0. The molecule has 0 heterocycles. The average Bonchev–Trinajstić information content (AvgIpc) is 2.36. The van der Waals surface area contributed by atoms with Gasteiger partial charge in [0, 0.05) is 6.61 Å². The number of rotatable bonds is 7. The van der Waals surface area contributed by atoms with Crippen molar-refractivity contribution < 1.29 is 9.84 Å². The molecule has 0 aliphatic heterocycles. The van der Waals surface area contributed by atoms with Crippen LogP contribution in [0.15, 0.2) is 24.3 Å². The summed E-state index contributed by atoms with van der Waals surface area (Å²) in [6, 6.07) is 8.07. The van der Waals surface area contributed by atoms with Crippen LogP contribution in [0.4, 0.5) is 0 Å². The first-order chi connectivity index (χ1) is 8.22. The van der Waals surface area contributed by atoms with E-state index in [0.29, 0.717) is 11.8 Å². The van der Waals surface area contributed by atoms with Gasteiger partial charge >= 0.3 is 0 Å². The highest BCUT2D eigenvalue weighted by molar-refractivity contribution is 5.33. The SMILES string of the molecule is CCCC(C)C(CO)Cc1ccccc1OC. The third-order valence-electron chi connectivity index (χ3n) is 3.46. The van der Waals surface area contributed by atoms with Crippen molar-refractivity contribution in [2.24, 2.45) is 11.8 Å². The van der Waals surface area contributed by atoms with Gasteiger partial charge in [0.25, 0.3) is 0 Å². The zero-order valence-electron chi connectivity index (χ0n) is 11.1. The number of benzene rings is 1. The van der Waals surface area contributed by atoms with Crippen LogP contribution in [-0.2, 0) is 6.42 Å². The predicted octanol–water partition coefficient (Wildman–Crippen LogP) is 3.28. The van der Waals surface area contributed by atoms with Gasteiger partial charge in [-0.25, -0.2) is 0 Å². The van der Waals surface area contributed by atoms with E-state index in [4.69, 9.17) is 4.74 Å². The molecule has 0 saturated heterocycles. The molecule has 2 atom stereocenters. The van der Waals surface area contributed by atoms with E-state index in [2.05, 4.69) is 19.9 Å². The quantitative estimate of drug-likeness (QED) is 0.787. The summed E-state index contributed by atoms with van der Waals surface area (Å²) in [4.78, 5) is 0. The van der Waals surface area contributed by atoms with E-state index in [1.165, 1.54) is 18.4 Å². The summed E-state index contributed by atoms with van der Waals surface area (Å²) in [5.41, 5.74) is 1.19. The van der Waals surface area contributed by atoms with Crippen molar-refractivity contribution in [1.29, 1.82) is 0 Å². The molecule has 96 valence electrons. The van der Waals surface area contributed by atoms with E-state index < -0.39 is 0 Å². The van der Waals surface area contributed by atoms with Gasteiger partial charge in [0.15, 0.2) is 0 Å². The Morgan fingerprint density at radius 3 is 2.59 bits per heavy atom. The lowest BCUT2D eigenvalue weighted by molar-refractivity contribution is 0.175. The van der Waals surface area contributed by atoms with E-state index in [-0.39, 0.29) is 6.61 Å². The van der Waals surface area contributed by atoms with Crippen molar-refractivity contribution in [3.05, 3.63) is 29.8 Å². The number of methoxy groups -OCH3 is 1. The number of aliphatic hydroxyl groups excluding tert-OH is 1. The highest BCUT2D eigenvalue weighted by Crippen LogP contribution is 2.26. The van der Waals surface area contributed by atoms with Crippen LogP contribution in [0.1, 0.15) is 32.3 Å². The highest BCUT2D eigenvalue weighted by Gasteiger charge is 2.17. The normalized spacial score (nSPS) is 14.4. The maximum Gasteiger partial charge on any atom is 0.122 e. The third-order valence-corrected chi connectivity index (χ3v) is 3.46. The van der Waals surface area contributed by atoms with Gasteiger partial charge < -0.3 is 9.84 Å². The zero-order chi connectivity index (χ0) is 12.7. The van der Waals surface area contributed by atoms with Gasteiger partial charge in [-0.2, -0.15) is 0 Å². The summed E-state index contributed by atoms with van der Waals surface area (Å²) in [7, 11) is 1.70. The van der Waals surface area contributed by atoms with E-state index in [0.717, 1.165) is 12.2 Å². The topological polar surface area (TPSA) is 29.5 Å². The maximum absolute atomic E-state index is 9.51. The van der Waals surface area contributed by atoms with Crippen molar-refractivity contribution in [3.8, 4) is 5.75 Å². The van der Waals surface area contributed by atoms with Crippen LogP contribution in [0.25, 0.3) is 0 Å². The summed E-state index contributed by atoms with van der Waals surface area (Å²) in [5.74, 6) is 1.80. The minimum Gasteiger partial charge on any atom is -0.496 e. The van der Waals surface area contributed by atoms with Crippen molar-refractivity contribution in [2.75, 3.05) is 13.7 Å². The standard InChI is InChI=1S/C15H24O2/c1-4-7-12(2)14(11-16)10-13-8-5-6-9-15(13)17-3/h5-6,8-9,12,14,16H,4,7,10-11H2,1-3H3. The Labute approximate surface area is 105 Å². The molecule has 0 aliphatic carbocycles. The van der Waals surface area contributed by atoms with Gasteiger partial charge in [-0.05, 0) is 29.9 Å². The lowest BCUT2D eigenvalue weighted by Gasteiger charge is -2.22. The molecule has 2 unspecified atom stereocenters. The Kier molecular flexibility index (Phi) is 6.06. The first-order valence-corrected chi connectivity index (χ1v) is 6.45. The van der Waals surface area contributed by atoms with Crippen molar-refractivity contribution in [3.63, 3.8) is 0 Å². The van der Waals surface area contributed by atoms with Crippen LogP contribution in [0.5, 0.6) is 5.75 Å². The van der Waals surface area contributed by atoms with E-state index in [1.807, 2.05) is 18.2 Å². The lowest BCUT2D eigenvalue weighted by atomic mass is 9.85. The van der Waals surface area contributed by atoms with Crippen LogP contribution in [0.2, 0.25) is 0 Å². The number of ether oxygens (including phenoxy) is 1. The molecule has 0 saturated carbocycles. The second kappa shape index (κ2) is 7.33. The maximum atomic E-state index is 9.51. The fourth-order valence-corrected chi connectivity index (χ4v) is 2.29. The van der Waals surface area contributed by atoms with Crippen molar-refractivity contribution in [2.45, 2.75) is 33.1 Å². The minimum atomic E-state index is 0.249. The molecule has 0 fully saturated rings. The highest BCUT2D eigenvalue weighted by atomic mass is 16.5. The first-order valence-electron chi connectivity index (χ1n) is 6.45. The monoisotopic (exact) mass is 236 g/mol. The second-order valence-corrected chi connectivity index (χ2v) is 4.72. The fraction of sp³-hybridized carbons (Fsp3) is 0.600. The zero-order valence-corrected chi connectivity index (χ0v) is 11.1. The molecule has 2 nitrogen and oxygen atoms in total. The predicted molar refractivity (Wildman–Crippen MR) is 71.3 cm³/mol. The molecular weight excluding hydrogens is 212 g/mol. The van der Waals surface area contributed by atoms with E-state index in [1.54, 1.807) is 7.11 Å². The Morgan fingerprint density at radius 2 is 2.00 bits per heavy atom. The largest absolute Gasteiger partial charge is 0.496 e. The van der Waals surface area contributed by atoms with Crippen molar-refractivity contribution >= 4 is 0 Å². The Hall–Kier alpha value is -1.02. The molecule has 0 radical (unpaired) electrons. The molecule has 2 heteroatoms. The molecular formula is C15H24O2. The summed E-state index contributed by atoms with van der Waals surface area (Å²) in [5, 5.41) is 9.51. The average molecular weight is 236 g/mol. The third kappa shape index (κ3) is 4.04. The number of para-hydroxylation sites is 1. The van der Waals surface area contributed by atoms with E-state index in [9.17, 15) is 5.11 Å². The molecule has 0 aliphatic rings. The molecule has 0 bridgehead atoms. The molecule has 1 aromatic carbocycles. The van der Waals surface area contributed by atoms with Crippen LogP contribution >= 0.6 is 0 Å². The van der Waals surface area contributed by atoms with Crippen LogP contribution in [0, 0.1) is 11.8 Å². The van der Waals surface area contributed by atoms with Gasteiger partial charge in [-0.1, -0.05) is 44.9 Å². The van der Waals surface area contributed by atoms with Gasteiger partial charge in [0.05, 0.1) is 7.11 Å². The summed E-state index contributed by atoms with van der Waals surface area (Å²) in [6.45, 7) is 4.66. The molecule has 1 N–H and O–H groups in total. The fourth-order valence-electron chi connectivity index (χ4n) is 2.29. The summed E-state index contributed by atoms with van der Waals surface area (Å²) < 4.78 is 5.35. The van der Waals surface area contributed by atoms with Crippen LogP contribution in [0.3, 0.4) is 0 Å². The van der Waals surface area contributed by atoms with Crippen LogP contribution in [-0.4, -0.2) is 18.8 Å². The number of hydrogen-bond donors (Lipinski definition) is 1. The molecule has 0 amide bonds. The second-order valence-electron chi connectivity index (χ2n) is 4.72. The first kappa shape index (κ1) is 14.0. The lowest BCUT2D eigenvalue weighted by Crippen LogP contribution is -2.19. The Balaban J connectivity index is 2.73. The number of aliphatic hydroxyl groups is 1. The minimum absolute atomic E-state index is 0.249. The molecule has 0 aromatic heterocycles. The van der Waals surface area contributed by atoms with Crippen LogP contribution < -0.4 is 4.74 Å². The van der Waals surface area contributed by atoms with Gasteiger partial charge in [-0.15, -0.1) is 0 Å². The van der Waals surface area contributed by atoms with Gasteiger partial charge in [-0.3, -0.25) is 0 Å². The van der Waals surface area contributed by atoms with Crippen molar-refractivity contribution in [1.82, 2.24) is 0 Å². The Bertz CT molecular complexity index is 322. The molecule has 0 spiro atoms. The molecule has 17 heavy (non-hydrogen) atoms. The number of hydrogen-bond acceptors (Lipinski definition) is 2. The molecule has 1 rings (SSSR count). The molecule has 1 aromatic rings. The van der Waals surface area contributed by atoms with Gasteiger partial charge in [0.1, 0.15) is 5.75 Å². The van der Waals surface area contributed by atoms with E-state index >= 15 is 0 Å². The summed E-state index contributed by atoms with van der Waals surface area (Å²) in [6.07, 6.45) is 3.23. The van der Waals surface area contributed by atoms with Gasteiger partial charge in [0.2, 0.25) is 0 Å². The Morgan fingerprint density at radius 1 is 1.29 bits per heavy atom.